The fourth-order valence-corrected chi connectivity index (χ4v) is 2.89. The summed E-state index contributed by atoms with van der Waals surface area (Å²) in [6.07, 6.45) is 10.7. The molecule has 2 saturated carbocycles. The Morgan fingerprint density at radius 2 is 2.12 bits per heavy atom. The Balaban J connectivity index is 1.62. The summed E-state index contributed by atoms with van der Waals surface area (Å²) < 4.78 is 0. The van der Waals surface area contributed by atoms with Crippen LogP contribution < -0.4 is 5.32 Å². The number of nitrogens with zero attached hydrogens (tertiary/aromatic N) is 3. The molecule has 1 N–H and O–H groups in total. The van der Waals surface area contributed by atoms with Crippen molar-refractivity contribution in [1.29, 1.82) is 0 Å². The lowest BCUT2D eigenvalue weighted by Gasteiger charge is -2.36. The molecular formula is C13H14N4. The van der Waals surface area contributed by atoms with Crippen molar-refractivity contribution in [2.24, 2.45) is 5.41 Å². The predicted molar refractivity (Wildman–Crippen MR) is 65.6 cm³/mol. The maximum Gasteiger partial charge on any atom is 0.137 e. The van der Waals surface area contributed by atoms with E-state index in [2.05, 4.69) is 20.3 Å². The molecule has 2 aromatic heterocycles. The minimum Gasteiger partial charge on any atom is -0.367 e. The molecule has 86 valence electrons. The molecule has 0 aliphatic heterocycles. The second kappa shape index (κ2) is 3.15. The Morgan fingerprint density at radius 1 is 1.24 bits per heavy atom. The van der Waals surface area contributed by atoms with E-state index in [4.69, 9.17) is 0 Å². The van der Waals surface area contributed by atoms with E-state index in [0.29, 0.717) is 6.04 Å². The smallest absolute Gasteiger partial charge is 0.137 e. The van der Waals surface area contributed by atoms with Crippen LogP contribution >= 0.6 is 0 Å². The van der Waals surface area contributed by atoms with Gasteiger partial charge in [-0.25, -0.2) is 9.97 Å². The van der Waals surface area contributed by atoms with Gasteiger partial charge in [0.1, 0.15) is 12.1 Å². The van der Waals surface area contributed by atoms with Crippen LogP contribution in [0.4, 0.5) is 5.82 Å². The highest BCUT2D eigenvalue weighted by Crippen LogP contribution is 2.61. The van der Waals surface area contributed by atoms with Crippen molar-refractivity contribution in [2.75, 3.05) is 5.32 Å². The summed E-state index contributed by atoms with van der Waals surface area (Å²) in [5.41, 5.74) is 1.63. The van der Waals surface area contributed by atoms with E-state index in [1.807, 2.05) is 6.07 Å². The van der Waals surface area contributed by atoms with Crippen LogP contribution in [0.15, 0.2) is 24.8 Å². The number of fused-ring (bicyclic) bond motifs is 1. The summed E-state index contributed by atoms with van der Waals surface area (Å²) in [5, 5.41) is 4.61. The fourth-order valence-electron chi connectivity index (χ4n) is 2.89. The Morgan fingerprint density at radius 3 is 2.94 bits per heavy atom. The number of hydrogen-bond donors (Lipinski definition) is 1. The van der Waals surface area contributed by atoms with E-state index in [-0.39, 0.29) is 0 Å². The molecular weight excluding hydrogens is 212 g/mol. The minimum atomic E-state index is 0.601. The lowest BCUT2D eigenvalue weighted by Crippen LogP contribution is -2.37. The van der Waals surface area contributed by atoms with Crippen molar-refractivity contribution in [3.05, 3.63) is 24.8 Å². The van der Waals surface area contributed by atoms with E-state index < -0.39 is 0 Å². The van der Waals surface area contributed by atoms with Gasteiger partial charge in [-0.15, -0.1) is 0 Å². The van der Waals surface area contributed by atoms with Gasteiger partial charge in [0.2, 0.25) is 0 Å². The Labute approximate surface area is 99.5 Å². The zero-order valence-electron chi connectivity index (χ0n) is 9.56. The molecule has 0 aromatic carbocycles. The number of pyridine rings is 1. The molecule has 0 unspecified atom stereocenters. The van der Waals surface area contributed by atoms with E-state index in [1.165, 1.54) is 25.7 Å². The van der Waals surface area contributed by atoms with Crippen molar-refractivity contribution < 1.29 is 0 Å². The normalized spacial score (nSPS) is 21.4. The van der Waals surface area contributed by atoms with E-state index in [0.717, 1.165) is 22.1 Å². The highest BCUT2D eigenvalue weighted by molar-refractivity contribution is 5.88. The maximum atomic E-state index is 4.35. The summed E-state index contributed by atoms with van der Waals surface area (Å²) in [6, 6.07) is 2.58. The molecule has 2 aliphatic carbocycles. The highest BCUT2D eigenvalue weighted by Gasteiger charge is 2.52. The molecule has 2 aromatic rings. The van der Waals surface area contributed by atoms with Crippen LogP contribution in [0.2, 0.25) is 0 Å². The van der Waals surface area contributed by atoms with Gasteiger partial charge in [0.15, 0.2) is 0 Å². The molecule has 4 nitrogen and oxygen atoms in total. The van der Waals surface area contributed by atoms with Crippen molar-refractivity contribution in [1.82, 2.24) is 15.0 Å². The van der Waals surface area contributed by atoms with Crippen LogP contribution in [0.25, 0.3) is 10.9 Å². The molecule has 2 aliphatic rings. The van der Waals surface area contributed by atoms with Crippen LogP contribution in [0.5, 0.6) is 0 Å². The third-order valence-electron chi connectivity index (χ3n) is 4.10. The van der Waals surface area contributed by atoms with Crippen LogP contribution in [-0.4, -0.2) is 21.0 Å². The van der Waals surface area contributed by atoms with Crippen molar-refractivity contribution >= 4 is 16.7 Å². The zero-order chi connectivity index (χ0) is 11.3. The maximum absolute atomic E-state index is 4.35. The van der Waals surface area contributed by atoms with Crippen LogP contribution in [0.3, 0.4) is 0 Å². The first-order chi connectivity index (χ1) is 8.35. The SMILES string of the molecule is c1cc2c(NC3CC4(CC4)C3)ncnc2cn1. The lowest BCUT2D eigenvalue weighted by atomic mass is 9.77. The summed E-state index contributed by atoms with van der Waals surface area (Å²) in [7, 11) is 0. The zero-order valence-corrected chi connectivity index (χ0v) is 9.56. The Kier molecular flexibility index (Phi) is 1.73. The lowest BCUT2D eigenvalue weighted by molar-refractivity contribution is 0.256. The van der Waals surface area contributed by atoms with Crippen LogP contribution in [0, 0.1) is 5.41 Å². The molecule has 0 bridgehead atoms. The molecule has 1 spiro atoms. The summed E-state index contributed by atoms with van der Waals surface area (Å²) in [5.74, 6) is 0.956. The molecule has 0 amide bonds. The molecule has 0 atom stereocenters. The van der Waals surface area contributed by atoms with Gasteiger partial charge < -0.3 is 5.32 Å². The molecule has 4 rings (SSSR count). The summed E-state index contributed by atoms with van der Waals surface area (Å²) in [4.78, 5) is 12.6. The van der Waals surface area contributed by atoms with Gasteiger partial charge in [-0.2, -0.15) is 0 Å². The number of rotatable bonds is 2. The van der Waals surface area contributed by atoms with Gasteiger partial charge in [0, 0.05) is 17.6 Å². The molecule has 4 heteroatoms. The molecule has 0 radical (unpaired) electrons. The largest absolute Gasteiger partial charge is 0.367 e. The van der Waals surface area contributed by atoms with Gasteiger partial charge in [0.05, 0.1) is 11.7 Å². The van der Waals surface area contributed by atoms with E-state index >= 15 is 0 Å². The van der Waals surface area contributed by atoms with Gasteiger partial charge in [0.25, 0.3) is 0 Å². The topological polar surface area (TPSA) is 50.7 Å². The second-order valence-electron chi connectivity index (χ2n) is 5.36. The predicted octanol–water partition coefficient (Wildman–Crippen LogP) is 2.38. The van der Waals surface area contributed by atoms with Gasteiger partial charge in [-0.05, 0) is 37.2 Å². The third kappa shape index (κ3) is 1.47. The monoisotopic (exact) mass is 226 g/mol. The highest BCUT2D eigenvalue weighted by atomic mass is 15.1. The van der Waals surface area contributed by atoms with Crippen molar-refractivity contribution in [3.8, 4) is 0 Å². The average molecular weight is 226 g/mol. The number of hydrogen-bond acceptors (Lipinski definition) is 4. The van der Waals surface area contributed by atoms with Gasteiger partial charge >= 0.3 is 0 Å². The van der Waals surface area contributed by atoms with Crippen molar-refractivity contribution in [3.63, 3.8) is 0 Å². The second-order valence-corrected chi connectivity index (χ2v) is 5.36. The van der Waals surface area contributed by atoms with Crippen molar-refractivity contribution in [2.45, 2.75) is 31.7 Å². The third-order valence-corrected chi connectivity index (χ3v) is 4.10. The molecule has 2 heterocycles. The molecule has 0 saturated heterocycles. The van der Waals surface area contributed by atoms with Crippen LogP contribution in [-0.2, 0) is 0 Å². The molecule has 2 fully saturated rings. The number of aromatic nitrogens is 3. The Hall–Kier alpha value is -1.71. The molecule has 17 heavy (non-hydrogen) atoms. The number of anilines is 1. The Bertz CT molecular complexity index is 563. The first-order valence-corrected chi connectivity index (χ1v) is 6.16. The summed E-state index contributed by atoms with van der Waals surface area (Å²) >= 11 is 0. The number of nitrogens with one attached hydrogen (secondary N) is 1. The first kappa shape index (κ1) is 9.33. The first-order valence-electron chi connectivity index (χ1n) is 6.16. The summed E-state index contributed by atoms with van der Waals surface area (Å²) in [6.45, 7) is 0. The minimum absolute atomic E-state index is 0.601. The van der Waals surface area contributed by atoms with E-state index in [1.54, 1.807) is 18.7 Å². The fraction of sp³-hybridized carbons (Fsp3) is 0.462. The average Bonchev–Trinajstić information content (AvgIpc) is 3.09. The quantitative estimate of drug-likeness (QED) is 0.854. The van der Waals surface area contributed by atoms with E-state index in [9.17, 15) is 0 Å². The standard InChI is InChI=1S/C13H14N4/c1-4-14-7-11-10(1)12(16-8-15-11)17-9-5-13(6-9)2-3-13/h1,4,7-9H,2-3,5-6H2,(H,15,16,17). The van der Waals surface area contributed by atoms with Gasteiger partial charge in [-0.3, -0.25) is 4.98 Å². The van der Waals surface area contributed by atoms with Gasteiger partial charge in [-0.1, -0.05) is 0 Å². The van der Waals surface area contributed by atoms with Crippen LogP contribution in [0.1, 0.15) is 25.7 Å².